The minimum Gasteiger partial charge on any atom is -0.433 e. The van der Waals surface area contributed by atoms with Gasteiger partial charge in [0.2, 0.25) is 0 Å². The minimum absolute atomic E-state index is 0. The first-order valence-corrected chi connectivity index (χ1v) is 10.4. The molecule has 2 N–H and O–H groups in total. The molecule has 7 nitrogen and oxygen atoms in total. The molecule has 1 aromatic heterocycles. The van der Waals surface area contributed by atoms with Crippen LogP contribution < -0.4 is 25.2 Å². The van der Waals surface area contributed by atoms with Crippen LogP contribution in [0.15, 0.2) is 47.6 Å². The zero-order valence-corrected chi connectivity index (χ0v) is 20.9. The number of anilines is 2. The molecule has 0 bridgehead atoms. The lowest BCUT2D eigenvalue weighted by atomic mass is 10.2. The molecule has 2 aromatic rings. The first kappa shape index (κ1) is 25.9. The Kier molecular flexibility index (Phi) is 10.2. The summed E-state index contributed by atoms with van der Waals surface area (Å²) < 4.78 is 30.1. The predicted octanol–water partition coefficient (Wildman–Crippen LogP) is 3.70. The molecular formula is C22H31F2IN6O. The maximum absolute atomic E-state index is 12.7. The fraction of sp³-hybridized carbons (Fsp3) is 0.455. The number of aliphatic imine (C=N–C) groups is 1. The number of hydrogen-bond donors (Lipinski definition) is 2. The van der Waals surface area contributed by atoms with Crippen LogP contribution in [-0.2, 0) is 6.54 Å². The topological polar surface area (TPSA) is 65.0 Å². The Balaban J connectivity index is 0.00000363. The molecule has 176 valence electrons. The average Bonchev–Trinajstić information content (AvgIpc) is 3.20. The highest BCUT2D eigenvalue weighted by Crippen LogP contribution is 2.31. The molecule has 0 radical (unpaired) electrons. The molecule has 1 saturated heterocycles. The maximum atomic E-state index is 12.7. The number of aromatic nitrogens is 1. The van der Waals surface area contributed by atoms with Gasteiger partial charge >= 0.3 is 6.61 Å². The summed E-state index contributed by atoms with van der Waals surface area (Å²) in [6.07, 6.45) is 2.65. The highest BCUT2D eigenvalue weighted by atomic mass is 127. The van der Waals surface area contributed by atoms with E-state index in [1.807, 2.05) is 50.2 Å². The van der Waals surface area contributed by atoms with Crippen LogP contribution in [0.4, 0.5) is 20.3 Å². The lowest BCUT2D eigenvalue weighted by Gasteiger charge is -2.22. The molecule has 0 saturated carbocycles. The van der Waals surface area contributed by atoms with Gasteiger partial charge in [-0.05, 0) is 43.2 Å². The Morgan fingerprint density at radius 3 is 2.81 bits per heavy atom. The van der Waals surface area contributed by atoms with E-state index in [-0.39, 0.29) is 35.8 Å². The smallest absolute Gasteiger partial charge is 0.387 e. The highest BCUT2D eigenvalue weighted by Gasteiger charge is 2.26. The summed E-state index contributed by atoms with van der Waals surface area (Å²) in [4.78, 5) is 13.1. The van der Waals surface area contributed by atoms with Crippen LogP contribution in [-0.4, -0.2) is 57.3 Å². The van der Waals surface area contributed by atoms with Crippen molar-refractivity contribution in [3.05, 3.63) is 48.2 Å². The summed E-state index contributed by atoms with van der Waals surface area (Å²) in [6.45, 7) is 1.87. The molecule has 2 heterocycles. The Morgan fingerprint density at radius 1 is 1.31 bits per heavy atom. The van der Waals surface area contributed by atoms with Crippen molar-refractivity contribution < 1.29 is 13.5 Å². The van der Waals surface area contributed by atoms with E-state index >= 15 is 0 Å². The summed E-state index contributed by atoms with van der Waals surface area (Å²) in [7, 11) is 3.91. The second-order valence-corrected chi connectivity index (χ2v) is 7.53. The summed E-state index contributed by atoms with van der Waals surface area (Å²) >= 11 is 0. The van der Waals surface area contributed by atoms with Crippen LogP contribution in [0.25, 0.3) is 0 Å². The van der Waals surface area contributed by atoms with E-state index in [4.69, 9.17) is 4.99 Å². The first-order valence-electron chi connectivity index (χ1n) is 10.4. The van der Waals surface area contributed by atoms with Crippen molar-refractivity contribution in [2.75, 3.05) is 43.5 Å². The van der Waals surface area contributed by atoms with Gasteiger partial charge in [0.05, 0.1) is 12.2 Å². The Hall–Kier alpha value is -2.37. The number of para-hydroxylation sites is 2. The van der Waals surface area contributed by atoms with E-state index in [1.54, 1.807) is 18.3 Å². The second-order valence-electron chi connectivity index (χ2n) is 7.53. The Labute approximate surface area is 205 Å². The van der Waals surface area contributed by atoms with Gasteiger partial charge < -0.3 is 25.2 Å². The normalized spacial score (nSPS) is 16.0. The van der Waals surface area contributed by atoms with Gasteiger partial charge in [-0.3, -0.25) is 0 Å². The van der Waals surface area contributed by atoms with E-state index in [2.05, 4.69) is 25.3 Å². The molecular weight excluding hydrogens is 529 g/mol. The van der Waals surface area contributed by atoms with Crippen molar-refractivity contribution in [1.29, 1.82) is 0 Å². The summed E-state index contributed by atoms with van der Waals surface area (Å²) in [5.41, 5.74) is 1.75. The van der Waals surface area contributed by atoms with Crippen LogP contribution in [0.1, 0.15) is 18.9 Å². The number of hydrogen-bond acceptors (Lipinski definition) is 5. The zero-order chi connectivity index (χ0) is 22.2. The van der Waals surface area contributed by atoms with Crippen LogP contribution >= 0.6 is 24.0 Å². The molecule has 1 unspecified atom stereocenters. The molecule has 1 aliphatic rings. The van der Waals surface area contributed by atoms with E-state index in [9.17, 15) is 8.78 Å². The number of guanidine groups is 1. The number of nitrogens with one attached hydrogen (secondary N) is 2. The molecule has 3 rings (SSSR count). The molecule has 0 spiro atoms. The van der Waals surface area contributed by atoms with Gasteiger partial charge in [0.25, 0.3) is 0 Å². The lowest BCUT2D eigenvalue weighted by Crippen LogP contribution is -2.44. The number of alkyl halides is 2. The van der Waals surface area contributed by atoms with Crippen LogP contribution in [0.5, 0.6) is 5.75 Å². The molecule has 32 heavy (non-hydrogen) atoms. The predicted molar refractivity (Wildman–Crippen MR) is 136 cm³/mol. The molecule has 0 aliphatic carbocycles. The van der Waals surface area contributed by atoms with Crippen molar-refractivity contribution >= 4 is 41.4 Å². The van der Waals surface area contributed by atoms with Crippen molar-refractivity contribution in [1.82, 2.24) is 15.6 Å². The maximum Gasteiger partial charge on any atom is 0.387 e. The standard InChI is InChI=1S/C22H30F2N6O.HI/c1-4-25-22(27-14-16-9-11-26-20(13-16)29(2)3)28-17-10-12-30(15-17)18-7-5-6-8-19(18)31-21(23)24;/h5-9,11,13,17,21H,4,10,12,14-15H2,1-3H3,(H2,25,27,28);1H. The number of ether oxygens (including phenoxy) is 1. The second kappa shape index (κ2) is 12.6. The van der Waals surface area contributed by atoms with Gasteiger partial charge in [-0.15, -0.1) is 24.0 Å². The number of benzene rings is 1. The average molecular weight is 560 g/mol. The quantitative estimate of drug-likeness (QED) is 0.292. The Morgan fingerprint density at radius 2 is 2.09 bits per heavy atom. The lowest BCUT2D eigenvalue weighted by molar-refractivity contribution is -0.0495. The van der Waals surface area contributed by atoms with Crippen molar-refractivity contribution in [3.63, 3.8) is 0 Å². The SMILES string of the molecule is CCNC(=NCc1ccnc(N(C)C)c1)NC1CCN(c2ccccc2OC(F)F)C1.I. The van der Waals surface area contributed by atoms with Gasteiger partial charge in [0.15, 0.2) is 5.96 Å². The van der Waals surface area contributed by atoms with Gasteiger partial charge in [-0.25, -0.2) is 9.98 Å². The number of halogens is 3. The third-order valence-electron chi connectivity index (χ3n) is 4.98. The van der Waals surface area contributed by atoms with Crippen LogP contribution in [0.2, 0.25) is 0 Å². The number of rotatable bonds is 8. The van der Waals surface area contributed by atoms with Crippen LogP contribution in [0.3, 0.4) is 0 Å². The van der Waals surface area contributed by atoms with Crippen molar-refractivity contribution in [3.8, 4) is 5.75 Å². The monoisotopic (exact) mass is 560 g/mol. The third kappa shape index (κ3) is 7.35. The Bertz CT molecular complexity index is 883. The summed E-state index contributed by atoms with van der Waals surface area (Å²) in [6, 6.07) is 11.0. The van der Waals surface area contributed by atoms with E-state index in [0.717, 1.165) is 36.9 Å². The summed E-state index contributed by atoms with van der Waals surface area (Å²) in [5, 5.41) is 6.75. The zero-order valence-electron chi connectivity index (χ0n) is 18.6. The van der Waals surface area contributed by atoms with E-state index in [1.165, 1.54) is 0 Å². The minimum atomic E-state index is -2.84. The van der Waals surface area contributed by atoms with Gasteiger partial charge in [-0.1, -0.05) is 12.1 Å². The largest absolute Gasteiger partial charge is 0.433 e. The highest BCUT2D eigenvalue weighted by molar-refractivity contribution is 14.0. The van der Waals surface area contributed by atoms with Gasteiger partial charge in [0.1, 0.15) is 11.6 Å². The van der Waals surface area contributed by atoms with E-state index < -0.39 is 6.61 Å². The van der Waals surface area contributed by atoms with Gasteiger partial charge in [0, 0.05) is 46.0 Å². The van der Waals surface area contributed by atoms with Crippen molar-refractivity contribution in [2.45, 2.75) is 32.5 Å². The van der Waals surface area contributed by atoms with E-state index in [0.29, 0.717) is 18.8 Å². The molecule has 10 heteroatoms. The molecule has 1 aliphatic heterocycles. The first-order chi connectivity index (χ1) is 15.0. The molecule has 1 aromatic carbocycles. The molecule has 1 atom stereocenters. The number of pyridine rings is 1. The van der Waals surface area contributed by atoms with Crippen molar-refractivity contribution in [2.24, 2.45) is 4.99 Å². The van der Waals surface area contributed by atoms with Crippen LogP contribution in [0, 0.1) is 0 Å². The fourth-order valence-electron chi connectivity index (χ4n) is 3.50. The third-order valence-corrected chi connectivity index (χ3v) is 4.98. The van der Waals surface area contributed by atoms with Gasteiger partial charge in [-0.2, -0.15) is 8.78 Å². The number of nitrogens with zero attached hydrogens (tertiary/aromatic N) is 4. The molecule has 1 fully saturated rings. The molecule has 0 amide bonds. The fourth-order valence-corrected chi connectivity index (χ4v) is 3.50. The summed E-state index contributed by atoms with van der Waals surface area (Å²) in [5.74, 6) is 1.82.